The van der Waals surface area contributed by atoms with Crippen molar-refractivity contribution in [1.29, 1.82) is 0 Å². The van der Waals surface area contributed by atoms with E-state index in [9.17, 15) is 5.11 Å². The minimum Gasteiger partial charge on any atom is -0.396 e. The van der Waals surface area contributed by atoms with Crippen LogP contribution in [-0.2, 0) is 4.74 Å². The summed E-state index contributed by atoms with van der Waals surface area (Å²) in [7, 11) is 0. The van der Waals surface area contributed by atoms with Crippen LogP contribution < -0.4 is 0 Å². The van der Waals surface area contributed by atoms with E-state index in [4.69, 9.17) is 9.84 Å². The zero-order valence-corrected chi connectivity index (χ0v) is 7.91. The molecule has 0 amide bonds. The van der Waals surface area contributed by atoms with Crippen LogP contribution in [0.1, 0.15) is 32.1 Å². The lowest BCUT2D eigenvalue weighted by molar-refractivity contribution is -0.0837. The van der Waals surface area contributed by atoms with Crippen molar-refractivity contribution in [2.24, 2.45) is 5.92 Å². The maximum Gasteiger partial charge on any atom is 0.0944 e. The van der Waals surface area contributed by atoms with Crippen LogP contribution in [0.5, 0.6) is 0 Å². The maximum absolute atomic E-state index is 9.98. The monoisotopic (exact) mass is 186 g/mol. The molecule has 0 unspecified atom stereocenters. The topological polar surface area (TPSA) is 49.7 Å². The van der Waals surface area contributed by atoms with Crippen LogP contribution in [0.3, 0.4) is 0 Å². The molecule has 1 heterocycles. The smallest absolute Gasteiger partial charge is 0.0944 e. The molecule has 1 spiro atoms. The van der Waals surface area contributed by atoms with Gasteiger partial charge in [0.05, 0.1) is 24.9 Å². The van der Waals surface area contributed by atoms with Crippen LogP contribution in [0.25, 0.3) is 0 Å². The van der Waals surface area contributed by atoms with Gasteiger partial charge >= 0.3 is 0 Å². The normalized spacial score (nSPS) is 38.3. The Morgan fingerprint density at radius 1 is 1.23 bits per heavy atom. The van der Waals surface area contributed by atoms with E-state index in [-0.39, 0.29) is 18.1 Å². The molecule has 0 aromatic carbocycles. The summed E-state index contributed by atoms with van der Waals surface area (Å²) in [5, 5.41) is 19.0. The molecule has 2 rings (SSSR count). The third-order valence-corrected chi connectivity index (χ3v) is 3.50. The van der Waals surface area contributed by atoms with Crippen molar-refractivity contribution in [2.75, 3.05) is 13.2 Å². The predicted octanol–water partition coefficient (Wildman–Crippen LogP) is 0.689. The molecule has 0 aromatic heterocycles. The molecule has 3 heteroatoms. The number of aliphatic hydroxyl groups is 2. The molecule has 2 N–H and O–H groups in total. The first-order valence-electron chi connectivity index (χ1n) is 5.21. The summed E-state index contributed by atoms with van der Waals surface area (Å²) >= 11 is 0. The first-order valence-corrected chi connectivity index (χ1v) is 5.21. The number of aliphatic hydroxyl groups excluding tert-OH is 2. The number of hydrogen-bond donors (Lipinski definition) is 2. The molecular weight excluding hydrogens is 168 g/mol. The molecule has 3 nitrogen and oxygen atoms in total. The molecule has 0 bridgehead atoms. The van der Waals surface area contributed by atoms with Crippen molar-refractivity contribution >= 4 is 0 Å². The van der Waals surface area contributed by atoms with E-state index in [1.165, 1.54) is 6.42 Å². The maximum atomic E-state index is 9.98. The Hall–Kier alpha value is -0.120. The molecule has 1 aliphatic heterocycles. The molecule has 1 aliphatic carbocycles. The van der Waals surface area contributed by atoms with E-state index in [2.05, 4.69) is 0 Å². The number of ether oxygens (including phenoxy) is 1. The highest BCUT2D eigenvalue weighted by atomic mass is 16.5. The van der Waals surface area contributed by atoms with Gasteiger partial charge in [0.25, 0.3) is 0 Å². The summed E-state index contributed by atoms with van der Waals surface area (Å²) < 4.78 is 5.69. The van der Waals surface area contributed by atoms with Gasteiger partial charge in [-0.15, -0.1) is 0 Å². The van der Waals surface area contributed by atoms with E-state index in [0.29, 0.717) is 6.61 Å². The number of hydrogen-bond acceptors (Lipinski definition) is 3. The van der Waals surface area contributed by atoms with Crippen LogP contribution in [0.2, 0.25) is 0 Å². The summed E-state index contributed by atoms with van der Waals surface area (Å²) in [6, 6.07) is 0. The van der Waals surface area contributed by atoms with Gasteiger partial charge in [-0.05, 0) is 12.8 Å². The first kappa shape index (κ1) is 9.44. The SMILES string of the molecule is OC[C@H]1COC2(CCCCC2)[C@@H]1O. The second-order valence-corrected chi connectivity index (χ2v) is 4.32. The van der Waals surface area contributed by atoms with Gasteiger partial charge in [-0.2, -0.15) is 0 Å². The Morgan fingerprint density at radius 3 is 2.46 bits per heavy atom. The molecule has 2 atom stereocenters. The van der Waals surface area contributed by atoms with Gasteiger partial charge in [-0.1, -0.05) is 19.3 Å². The minimum absolute atomic E-state index is 0.0446. The van der Waals surface area contributed by atoms with Crippen LogP contribution in [0, 0.1) is 5.92 Å². The van der Waals surface area contributed by atoms with Crippen molar-refractivity contribution in [3.63, 3.8) is 0 Å². The Kier molecular flexibility index (Phi) is 2.58. The van der Waals surface area contributed by atoms with Crippen molar-refractivity contribution in [3.8, 4) is 0 Å². The van der Waals surface area contributed by atoms with Crippen molar-refractivity contribution < 1.29 is 14.9 Å². The summed E-state index contributed by atoms with van der Waals surface area (Å²) in [4.78, 5) is 0. The van der Waals surface area contributed by atoms with Crippen LogP contribution in [0.15, 0.2) is 0 Å². The van der Waals surface area contributed by atoms with Gasteiger partial charge in [0.1, 0.15) is 0 Å². The Bertz CT molecular complexity index is 175. The van der Waals surface area contributed by atoms with Crippen molar-refractivity contribution in [1.82, 2.24) is 0 Å². The standard InChI is InChI=1S/C10H18O3/c11-6-8-7-13-10(9(8)12)4-2-1-3-5-10/h8-9,11-12H,1-7H2/t8-,9+/m0/s1. The van der Waals surface area contributed by atoms with Gasteiger partial charge in [-0.3, -0.25) is 0 Å². The third kappa shape index (κ3) is 1.49. The van der Waals surface area contributed by atoms with E-state index >= 15 is 0 Å². The molecule has 1 saturated heterocycles. The summed E-state index contributed by atoms with van der Waals surface area (Å²) in [5.41, 5.74) is -0.300. The quantitative estimate of drug-likeness (QED) is 0.633. The lowest BCUT2D eigenvalue weighted by atomic mass is 9.79. The number of rotatable bonds is 1. The fourth-order valence-electron chi connectivity index (χ4n) is 2.62. The average molecular weight is 186 g/mol. The molecule has 0 radical (unpaired) electrons. The van der Waals surface area contributed by atoms with E-state index < -0.39 is 6.10 Å². The van der Waals surface area contributed by atoms with E-state index in [1.54, 1.807) is 0 Å². The largest absolute Gasteiger partial charge is 0.396 e. The molecule has 2 aliphatic rings. The van der Waals surface area contributed by atoms with Gasteiger partial charge in [-0.25, -0.2) is 0 Å². The average Bonchev–Trinajstić information content (AvgIpc) is 2.47. The Morgan fingerprint density at radius 2 is 1.92 bits per heavy atom. The fourth-order valence-corrected chi connectivity index (χ4v) is 2.62. The van der Waals surface area contributed by atoms with E-state index in [0.717, 1.165) is 25.7 Å². The van der Waals surface area contributed by atoms with Crippen LogP contribution >= 0.6 is 0 Å². The van der Waals surface area contributed by atoms with Crippen LogP contribution in [-0.4, -0.2) is 35.1 Å². The van der Waals surface area contributed by atoms with Gasteiger partial charge in [0.2, 0.25) is 0 Å². The van der Waals surface area contributed by atoms with Crippen LogP contribution in [0.4, 0.5) is 0 Å². The molecular formula is C10H18O3. The molecule has 76 valence electrons. The minimum atomic E-state index is -0.446. The highest BCUT2D eigenvalue weighted by Gasteiger charge is 2.48. The Labute approximate surface area is 78.7 Å². The molecule has 13 heavy (non-hydrogen) atoms. The van der Waals surface area contributed by atoms with Gasteiger partial charge in [0, 0.05) is 5.92 Å². The van der Waals surface area contributed by atoms with Gasteiger partial charge in [0.15, 0.2) is 0 Å². The first-order chi connectivity index (χ1) is 6.28. The Balaban J connectivity index is 2.06. The van der Waals surface area contributed by atoms with Gasteiger partial charge < -0.3 is 14.9 Å². The zero-order chi connectivity index (χ0) is 9.31. The molecule has 0 aromatic rings. The highest BCUT2D eigenvalue weighted by molar-refractivity contribution is 4.98. The van der Waals surface area contributed by atoms with E-state index in [1.807, 2.05) is 0 Å². The van der Waals surface area contributed by atoms with Crippen molar-refractivity contribution in [2.45, 2.75) is 43.8 Å². The predicted molar refractivity (Wildman–Crippen MR) is 48.4 cm³/mol. The van der Waals surface area contributed by atoms with Crippen molar-refractivity contribution in [3.05, 3.63) is 0 Å². The second-order valence-electron chi connectivity index (χ2n) is 4.32. The lowest BCUT2D eigenvalue weighted by Crippen LogP contribution is -2.43. The molecule has 1 saturated carbocycles. The second kappa shape index (κ2) is 3.56. The highest BCUT2D eigenvalue weighted by Crippen LogP contribution is 2.41. The summed E-state index contributed by atoms with van der Waals surface area (Å²) in [6.45, 7) is 0.570. The molecule has 2 fully saturated rings. The lowest BCUT2D eigenvalue weighted by Gasteiger charge is -2.35. The summed E-state index contributed by atoms with van der Waals surface area (Å²) in [6.07, 6.45) is 5.03. The third-order valence-electron chi connectivity index (χ3n) is 3.50. The fraction of sp³-hybridized carbons (Fsp3) is 1.00. The zero-order valence-electron chi connectivity index (χ0n) is 7.91. The summed E-state index contributed by atoms with van der Waals surface area (Å²) in [5.74, 6) is -0.0573.